The molecule has 0 heterocycles. The van der Waals surface area contributed by atoms with Crippen LogP contribution in [0.1, 0.15) is 46.0 Å². The van der Waals surface area contributed by atoms with Crippen LogP contribution in [-0.2, 0) is 4.79 Å². The average molecular weight is 228 g/mol. The van der Waals surface area contributed by atoms with E-state index < -0.39 is 5.97 Å². The van der Waals surface area contributed by atoms with Gasteiger partial charge in [-0.15, -0.1) is 0 Å². The number of carbonyl (C=O) groups is 2. The summed E-state index contributed by atoms with van der Waals surface area (Å²) in [5.74, 6) is -0.878. The second-order valence-corrected chi connectivity index (χ2v) is 4.74. The van der Waals surface area contributed by atoms with Crippen molar-refractivity contribution >= 4 is 12.0 Å². The molecule has 92 valence electrons. The third-order valence-electron chi connectivity index (χ3n) is 2.81. The van der Waals surface area contributed by atoms with E-state index in [1.165, 1.54) is 0 Å². The maximum atomic E-state index is 11.6. The van der Waals surface area contributed by atoms with E-state index in [0.717, 1.165) is 19.3 Å². The molecule has 2 amide bonds. The van der Waals surface area contributed by atoms with Gasteiger partial charge in [-0.1, -0.05) is 13.3 Å². The summed E-state index contributed by atoms with van der Waals surface area (Å²) in [6.07, 6.45) is 3.53. The van der Waals surface area contributed by atoms with Crippen molar-refractivity contribution in [3.8, 4) is 0 Å². The number of carboxylic acid groups (broad SMARTS) is 1. The SMILES string of the molecule is CCCC(CC(=O)O)NC(=O)NC1(C)CC1. The molecule has 0 aromatic carbocycles. The normalized spacial score (nSPS) is 18.6. The molecule has 0 aliphatic heterocycles. The molecule has 5 nitrogen and oxygen atoms in total. The van der Waals surface area contributed by atoms with Crippen molar-refractivity contribution in [1.82, 2.24) is 10.6 Å². The first-order valence-electron chi connectivity index (χ1n) is 5.75. The Morgan fingerprint density at radius 1 is 1.44 bits per heavy atom. The number of carboxylic acids is 1. The molecule has 0 aromatic rings. The molecular formula is C11H20N2O3. The van der Waals surface area contributed by atoms with Gasteiger partial charge in [0.1, 0.15) is 0 Å². The highest BCUT2D eigenvalue weighted by Crippen LogP contribution is 2.34. The van der Waals surface area contributed by atoms with E-state index in [-0.39, 0.29) is 24.0 Å². The van der Waals surface area contributed by atoms with Gasteiger partial charge in [-0.05, 0) is 26.2 Å². The zero-order valence-electron chi connectivity index (χ0n) is 9.88. The van der Waals surface area contributed by atoms with E-state index in [9.17, 15) is 9.59 Å². The Hall–Kier alpha value is -1.26. The van der Waals surface area contributed by atoms with E-state index in [1.807, 2.05) is 13.8 Å². The fourth-order valence-electron chi connectivity index (χ4n) is 1.59. The number of hydrogen-bond donors (Lipinski definition) is 3. The average Bonchev–Trinajstić information content (AvgIpc) is 2.81. The Labute approximate surface area is 95.6 Å². The Morgan fingerprint density at radius 3 is 2.50 bits per heavy atom. The molecule has 1 fully saturated rings. The summed E-state index contributed by atoms with van der Waals surface area (Å²) in [6, 6.07) is -0.524. The first kappa shape index (κ1) is 12.8. The number of carbonyl (C=O) groups excluding carboxylic acids is 1. The minimum atomic E-state index is -0.878. The molecule has 0 bridgehead atoms. The Bertz CT molecular complexity index is 274. The van der Waals surface area contributed by atoms with E-state index in [2.05, 4.69) is 10.6 Å². The summed E-state index contributed by atoms with van der Waals surface area (Å²) < 4.78 is 0. The molecule has 1 unspecified atom stereocenters. The van der Waals surface area contributed by atoms with Crippen molar-refractivity contribution in [2.75, 3.05) is 0 Å². The van der Waals surface area contributed by atoms with Gasteiger partial charge in [0.2, 0.25) is 0 Å². The summed E-state index contributed by atoms with van der Waals surface area (Å²) in [7, 11) is 0. The van der Waals surface area contributed by atoms with Gasteiger partial charge in [0.15, 0.2) is 0 Å². The molecule has 1 atom stereocenters. The van der Waals surface area contributed by atoms with Crippen LogP contribution in [0.2, 0.25) is 0 Å². The van der Waals surface area contributed by atoms with E-state index >= 15 is 0 Å². The lowest BCUT2D eigenvalue weighted by Gasteiger charge is -2.19. The lowest BCUT2D eigenvalue weighted by atomic mass is 10.1. The molecule has 0 spiro atoms. The van der Waals surface area contributed by atoms with Crippen LogP contribution in [-0.4, -0.2) is 28.7 Å². The van der Waals surface area contributed by atoms with E-state index in [0.29, 0.717) is 6.42 Å². The number of hydrogen-bond acceptors (Lipinski definition) is 2. The van der Waals surface area contributed by atoms with E-state index in [1.54, 1.807) is 0 Å². The summed E-state index contributed by atoms with van der Waals surface area (Å²) in [6.45, 7) is 3.95. The Morgan fingerprint density at radius 2 is 2.06 bits per heavy atom. The van der Waals surface area contributed by atoms with Crippen LogP contribution in [0, 0.1) is 0 Å². The van der Waals surface area contributed by atoms with Gasteiger partial charge in [-0.25, -0.2) is 4.79 Å². The number of amides is 2. The topological polar surface area (TPSA) is 78.4 Å². The van der Waals surface area contributed by atoms with Crippen LogP contribution in [0.25, 0.3) is 0 Å². The fraction of sp³-hybridized carbons (Fsp3) is 0.818. The third kappa shape index (κ3) is 4.51. The molecule has 3 N–H and O–H groups in total. The van der Waals surface area contributed by atoms with Crippen LogP contribution in [0.4, 0.5) is 4.79 Å². The number of nitrogens with one attached hydrogen (secondary N) is 2. The molecule has 1 rings (SSSR count). The van der Waals surface area contributed by atoms with Gasteiger partial charge in [0, 0.05) is 11.6 Å². The van der Waals surface area contributed by atoms with Gasteiger partial charge < -0.3 is 15.7 Å². The van der Waals surface area contributed by atoms with Crippen LogP contribution in [0.15, 0.2) is 0 Å². The number of urea groups is 1. The molecular weight excluding hydrogens is 208 g/mol. The maximum Gasteiger partial charge on any atom is 0.315 e. The zero-order chi connectivity index (χ0) is 12.2. The zero-order valence-corrected chi connectivity index (χ0v) is 9.88. The standard InChI is InChI=1S/C11H20N2O3/c1-3-4-8(7-9(14)15)12-10(16)13-11(2)5-6-11/h8H,3-7H2,1-2H3,(H,14,15)(H2,12,13,16). The number of rotatable bonds is 6. The highest BCUT2D eigenvalue weighted by atomic mass is 16.4. The maximum absolute atomic E-state index is 11.6. The van der Waals surface area contributed by atoms with Gasteiger partial charge in [0.05, 0.1) is 6.42 Å². The van der Waals surface area contributed by atoms with Gasteiger partial charge in [-0.3, -0.25) is 4.79 Å². The van der Waals surface area contributed by atoms with Crippen LogP contribution in [0.3, 0.4) is 0 Å². The second-order valence-electron chi connectivity index (χ2n) is 4.74. The minimum absolute atomic E-state index is 0.0159. The predicted octanol–water partition coefficient (Wildman–Crippen LogP) is 1.48. The second kappa shape index (κ2) is 5.18. The summed E-state index contributed by atoms with van der Waals surface area (Å²) in [5, 5.41) is 14.3. The van der Waals surface area contributed by atoms with Gasteiger partial charge >= 0.3 is 12.0 Å². The molecule has 1 saturated carbocycles. The van der Waals surface area contributed by atoms with E-state index in [4.69, 9.17) is 5.11 Å². The first-order chi connectivity index (χ1) is 7.45. The van der Waals surface area contributed by atoms with Crippen molar-refractivity contribution in [3.05, 3.63) is 0 Å². The third-order valence-corrected chi connectivity index (χ3v) is 2.81. The molecule has 0 aromatic heterocycles. The Kier molecular flexibility index (Phi) is 4.15. The first-order valence-corrected chi connectivity index (χ1v) is 5.75. The van der Waals surface area contributed by atoms with Crippen LogP contribution >= 0.6 is 0 Å². The predicted molar refractivity (Wildman–Crippen MR) is 60.3 cm³/mol. The lowest BCUT2D eigenvalue weighted by molar-refractivity contribution is -0.137. The summed E-state index contributed by atoms with van der Waals surface area (Å²) in [4.78, 5) is 22.1. The van der Waals surface area contributed by atoms with Crippen molar-refractivity contribution in [1.29, 1.82) is 0 Å². The largest absolute Gasteiger partial charge is 0.481 e. The monoisotopic (exact) mass is 228 g/mol. The van der Waals surface area contributed by atoms with Gasteiger partial charge in [-0.2, -0.15) is 0 Å². The summed E-state index contributed by atoms with van der Waals surface area (Å²) in [5.41, 5.74) is -0.0654. The molecule has 5 heteroatoms. The Balaban J connectivity index is 2.34. The molecule has 1 aliphatic rings. The smallest absolute Gasteiger partial charge is 0.315 e. The summed E-state index contributed by atoms with van der Waals surface area (Å²) >= 11 is 0. The van der Waals surface area contributed by atoms with Gasteiger partial charge in [0.25, 0.3) is 0 Å². The fourth-order valence-corrected chi connectivity index (χ4v) is 1.59. The minimum Gasteiger partial charge on any atom is -0.481 e. The molecule has 16 heavy (non-hydrogen) atoms. The van der Waals surface area contributed by atoms with Crippen molar-refractivity contribution in [2.24, 2.45) is 0 Å². The highest BCUT2D eigenvalue weighted by Gasteiger charge is 2.38. The van der Waals surface area contributed by atoms with Crippen molar-refractivity contribution < 1.29 is 14.7 Å². The molecule has 1 aliphatic carbocycles. The van der Waals surface area contributed by atoms with Crippen LogP contribution in [0.5, 0.6) is 0 Å². The van der Waals surface area contributed by atoms with Crippen molar-refractivity contribution in [2.45, 2.75) is 57.5 Å². The molecule has 0 radical (unpaired) electrons. The van der Waals surface area contributed by atoms with Crippen LogP contribution < -0.4 is 10.6 Å². The highest BCUT2D eigenvalue weighted by molar-refractivity contribution is 5.76. The van der Waals surface area contributed by atoms with Crippen molar-refractivity contribution in [3.63, 3.8) is 0 Å². The molecule has 0 saturated heterocycles. The number of aliphatic carboxylic acids is 1. The quantitative estimate of drug-likeness (QED) is 0.644. The lowest BCUT2D eigenvalue weighted by Crippen LogP contribution is -2.47.